The number of carbonyl (C=O) groups excluding carboxylic acids is 1. The summed E-state index contributed by atoms with van der Waals surface area (Å²) in [7, 11) is 0. The summed E-state index contributed by atoms with van der Waals surface area (Å²) >= 11 is 5.30. The van der Waals surface area contributed by atoms with Gasteiger partial charge >= 0.3 is 0 Å². The van der Waals surface area contributed by atoms with Gasteiger partial charge < -0.3 is 10.3 Å². The molecular weight excluding hydrogens is 372 g/mol. The van der Waals surface area contributed by atoms with E-state index in [4.69, 9.17) is 17.5 Å². The van der Waals surface area contributed by atoms with Crippen LogP contribution in [0, 0.1) is 16.1 Å². The van der Waals surface area contributed by atoms with E-state index in [1.807, 2.05) is 24.3 Å². The molecule has 28 heavy (non-hydrogen) atoms. The van der Waals surface area contributed by atoms with Gasteiger partial charge in [-0.1, -0.05) is 24.6 Å². The molecule has 0 fully saturated rings. The number of nitrogens with zero attached hydrogens (tertiary/aromatic N) is 2. The molecule has 1 heterocycles. The van der Waals surface area contributed by atoms with Gasteiger partial charge in [-0.15, -0.1) is 0 Å². The zero-order valence-electron chi connectivity index (χ0n) is 15.3. The number of nitriles is 1. The summed E-state index contributed by atoms with van der Waals surface area (Å²) < 4.78 is 1.99. The van der Waals surface area contributed by atoms with Crippen molar-refractivity contribution in [2.75, 3.05) is 5.32 Å². The van der Waals surface area contributed by atoms with Crippen LogP contribution in [0.1, 0.15) is 31.2 Å². The molecule has 0 saturated heterocycles. The third-order valence-corrected chi connectivity index (χ3v) is 4.77. The molecule has 1 amide bonds. The van der Waals surface area contributed by atoms with Gasteiger partial charge in [-0.3, -0.25) is 14.2 Å². The third kappa shape index (κ3) is 4.72. The van der Waals surface area contributed by atoms with E-state index in [9.17, 15) is 9.59 Å². The van der Waals surface area contributed by atoms with E-state index in [0.717, 1.165) is 18.4 Å². The fourth-order valence-corrected chi connectivity index (χ4v) is 3.31. The number of carbonyl (C=O) groups is 1. The van der Waals surface area contributed by atoms with Gasteiger partial charge in [-0.2, -0.15) is 5.26 Å². The van der Waals surface area contributed by atoms with Gasteiger partial charge in [-0.05, 0) is 55.4 Å². The highest BCUT2D eigenvalue weighted by Crippen LogP contribution is 2.11. The number of amides is 1. The van der Waals surface area contributed by atoms with E-state index in [0.29, 0.717) is 40.8 Å². The lowest BCUT2D eigenvalue weighted by atomic mass is 10.1. The number of nitrogens with one attached hydrogen (secondary N) is 2. The summed E-state index contributed by atoms with van der Waals surface area (Å²) in [5, 5.41) is 12.3. The lowest BCUT2D eigenvalue weighted by Crippen LogP contribution is -2.22. The molecule has 3 aromatic rings. The zero-order valence-corrected chi connectivity index (χ0v) is 16.1. The predicted molar refractivity (Wildman–Crippen MR) is 112 cm³/mol. The molecule has 2 N–H and O–H groups in total. The maximum Gasteiger partial charge on any atom is 0.262 e. The highest BCUT2D eigenvalue weighted by atomic mass is 32.1. The number of unbranched alkanes of at least 4 members (excludes halogenated alkanes) is 2. The predicted octanol–water partition coefficient (Wildman–Crippen LogP) is 4.13. The van der Waals surface area contributed by atoms with Gasteiger partial charge in [-0.25, -0.2) is 0 Å². The molecule has 0 aliphatic heterocycles. The number of benzene rings is 2. The molecule has 0 spiro atoms. The SMILES string of the molecule is N#Cc1cccc(NC(=O)CCCCCn2c(=S)[nH]c3ccccc3c2=O)c1. The molecule has 6 nitrogen and oxygen atoms in total. The Kier molecular flexibility index (Phi) is 6.35. The molecule has 0 aliphatic rings. The molecule has 2 aromatic carbocycles. The van der Waals surface area contributed by atoms with Crippen molar-refractivity contribution in [3.63, 3.8) is 0 Å². The molecule has 1 aromatic heterocycles. The van der Waals surface area contributed by atoms with Gasteiger partial charge in [0.25, 0.3) is 5.56 Å². The normalized spacial score (nSPS) is 10.5. The van der Waals surface area contributed by atoms with Crippen molar-refractivity contribution in [2.45, 2.75) is 32.2 Å². The molecule has 0 aliphatic carbocycles. The Balaban J connectivity index is 1.49. The van der Waals surface area contributed by atoms with Crippen molar-refractivity contribution in [3.8, 4) is 6.07 Å². The Labute approximate surface area is 167 Å². The number of hydrogen-bond donors (Lipinski definition) is 2. The summed E-state index contributed by atoms with van der Waals surface area (Å²) in [6.07, 6.45) is 2.66. The Hall–Kier alpha value is -3.24. The average molecular weight is 392 g/mol. The molecule has 0 atom stereocenters. The van der Waals surface area contributed by atoms with Crippen LogP contribution in [0.2, 0.25) is 0 Å². The largest absolute Gasteiger partial charge is 0.332 e. The first-order valence-electron chi connectivity index (χ1n) is 9.10. The number of aromatic nitrogens is 2. The molecular formula is C21H20N4O2S. The van der Waals surface area contributed by atoms with Crippen LogP contribution < -0.4 is 10.9 Å². The lowest BCUT2D eigenvalue weighted by Gasteiger charge is -2.08. The van der Waals surface area contributed by atoms with Crippen LogP contribution >= 0.6 is 12.2 Å². The Morgan fingerprint density at radius 1 is 1.14 bits per heavy atom. The zero-order chi connectivity index (χ0) is 19.9. The molecule has 0 bridgehead atoms. The van der Waals surface area contributed by atoms with E-state index in [1.54, 1.807) is 34.9 Å². The van der Waals surface area contributed by atoms with Gasteiger partial charge in [0.15, 0.2) is 4.77 Å². The van der Waals surface area contributed by atoms with Crippen LogP contribution in [0.3, 0.4) is 0 Å². The van der Waals surface area contributed by atoms with Crippen molar-refractivity contribution in [1.29, 1.82) is 5.26 Å². The van der Waals surface area contributed by atoms with Crippen molar-refractivity contribution < 1.29 is 4.79 Å². The summed E-state index contributed by atoms with van der Waals surface area (Å²) in [6.45, 7) is 0.519. The minimum atomic E-state index is -0.0885. The quantitative estimate of drug-likeness (QED) is 0.467. The molecule has 7 heteroatoms. The van der Waals surface area contributed by atoms with E-state index < -0.39 is 0 Å². The van der Waals surface area contributed by atoms with Crippen LogP contribution in [-0.4, -0.2) is 15.5 Å². The number of H-pyrrole nitrogens is 1. The van der Waals surface area contributed by atoms with Crippen molar-refractivity contribution in [3.05, 3.63) is 69.2 Å². The maximum absolute atomic E-state index is 12.6. The van der Waals surface area contributed by atoms with Crippen LogP contribution in [0.25, 0.3) is 10.9 Å². The lowest BCUT2D eigenvalue weighted by molar-refractivity contribution is -0.116. The fraction of sp³-hybridized carbons (Fsp3) is 0.238. The number of aromatic amines is 1. The second-order valence-electron chi connectivity index (χ2n) is 6.48. The molecule has 3 rings (SSSR count). The first-order chi connectivity index (χ1) is 13.6. The topological polar surface area (TPSA) is 90.7 Å². The minimum Gasteiger partial charge on any atom is -0.332 e. The van der Waals surface area contributed by atoms with Crippen LogP contribution in [-0.2, 0) is 11.3 Å². The second-order valence-corrected chi connectivity index (χ2v) is 6.87. The van der Waals surface area contributed by atoms with Crippen LogP contribution in [0.5, 0.6) is 0 Å². The van der Waals surface area contributed by atoms with E-state index in [-0.39, 0.29) is 11.5 Å². The Morgan fingerprint density at radius 2 is 1.96 bits per heavy atom. The standard InChI is InChI=1S/C21H20N4O2S/c22-14-15-7-6-8-16(13-15)23-19(26)11-2-1-5-12-25-20(27)17-9-3-4-10-18(17)24-21(25)28/h3-4,6-10,13H,1-2,5,11-12H2,(H,23,26)(H,24,28). The first kappa shape index (κ1) is 19.5. The van der Waals surface area contributed by atoms with Gasteiger partial charge in [0.1, 0.15) is 0 Å². The van der Waals surface area contributed by atoms with E-state index in [2.05, 4.69) is 10.3 Å². The number of fused-ring (bicyclic) bond motifs is 1. The number of rotatable bonds is 7. The number of para-hydroxylation sites is 1. The van der Waals surface area contributed by atoms with E-state index >= 15 is 0 Å². The van der Waals surface area contributed by atoms with Gasteiger partial charge in [0.05, 0.1) is 22.5 Å². The van der Waals surface area contributed by atoms with Gasteiger partial charge in [0, 0.05) is 18.7 Å². The van der Waals surface area contributed by atoms with Crippen molar-refractivity contribution in [2.24, 2.45) is 0 Å². The first-order valence-corrected chi connectivity index (χ1v) is 9.51. The Bertz CT molecular complexity index is 1160. The Morgan fingerprint density at radius 3 is 2.79 bits per heavy atom. The van der Waals surface area contributed by atoms with Crippen LogP contribution in [0.4, 0.5) is 5.69 Å². The highest BCUT2D eigenvalue weighted by molar-refractivity contribution is 7.71. The summed E-state index contributed by atoms with van der Waals surface area (Å²) in [5.74, 6) is -0.0877. The summed E-state index contributed by atoms with van der Waals surface area (Å²) in [4.78, 5) is 27.7. The molecule has 0 saturated carbocycles. The maximum atomic E-state index is 12.6. The number of hydrogen-bond acceptors (Lipinski definition) is 4. The third-order valence-electron chi connectivity index (χ3n) is 4.45. The average Bonchev–Trinajstić information content (AvgIpc) is 2.70. The molecule has 0 unspecified atom stereocenters. The highest BCUT2D eigenvalue weighted by Gasteiger charge is 2.06. The molecule has 142 valence electrons. The van der Waals surface area contributed by atoms with Crippen molar-refractivity contribution in [1.82, 2.24) is 9.55 Å². The smallest absolute Gasteiger partial charge is 0.262 e. The fourth-order valence-electron chi connectivity index (χ4n) is 3.02. The van der Waals surface area contributed by atoms with Crippen LogP contribution in [0.15, 0.2) is 53.3 Å². The summed E-state index contributed by atoms with van der Waals surface area (Å²) in [6, 6.07) is 16.2. The van der Waals surface area contributed by atoms with Crippen molar-refractivity contribution >= 4 is 34.7 Å². The summed E-state index contributed by atoms with van der Waals surface area (Å²) in [5.41, 5.74) is 1.79. The second kappa shape index (κ2) is 9.11. The monoisotopic (exact) mass is 392 g/mol. The number of anilines is 1. The van der Waals surface area contributed by atoms with Gasteiger partial charge in [0.2, 0.25) is 5.91 Å². The van der Waals surface area contributed by atoms with E-state index in [1.165, 1.54) is 0 Å². The molecule has 0 radical (unpaired) electrons. The minimum absolute atomic E-state index is 0.0877.